The minimum Gasteiger partial charge on any atom is -0.481 e. The molecule has 0 heterocycles. The van der Waals surface area contributed by atoms with E-state index in [9.17, 15) is 9.59 Å². The Hall–Kier alpha value is -1.30. The van der Waals surface area contributed by atoms with Gasteiger partial charge in [0.2, 0.25) is 0 Å². The summed E-state index contributed by atoms with van der Waals surface area (Å²) in [5, 5.41) is 11.5. The third kappa shape index (κ3) is 6.75. The Balaban J connectivity index is 2.27. The molecule has 0 radical (unpaired) electrons. The van der Waals surface area contributed by atoms with Crippen LogP contribution in [0.2, 0.25) is 0 Å². The molecule has 0 atom stereocenters. The van der Waals surface area contributed by atoms with Gasteiger partial charge in [-0.25, -0.2) is 4.79 Å². The van der Waals surface area contributed by atoms with E-state index in [-0.39, 0.29) is 19.0 Å². The Kier molecular flexibility index (Phi) is 6.26. The zero-order valence-corrected chi connectivity index (χ0v) is 12.6. The first-order valence-corrected chi connectivity index (χ1v) is 7.15. The quantitative estimate of drug-likeness (QED) is 0.666. The molecule has 1 aliphatic rings. The van der Waals surface area contributed by atoms with Crippen molar-refractivity contribution in [3.8, 4) is 0 Å². The van der Waals surface area contributed by atoms with Gasteiger partial charge in [-0.3, -0.25) is 4.79 Å². The summed E-state index contributed by atoms with van der Waals surface area (Å²) >= 11 is 0. The fourth-order valence-corrected chi connectivity index (χ4v) is 1.81. The van der Waals surface area contributed by atoms with Crippen LogP contribution in [0.1, 0.15) is 40.0 Å². The largest absolute Gasteiger partial charge is 0.481 e. The van der Waals surface area contributed by atoms with Crippen LogP contribution >= 0.6 is 0 Å². The molecule has 1 rings (SSSR count). The fraction of sp³-hybridized carbons (Fsp3) is 0.857. The number of hydrogen-bond donors (Lipinski definition) is 2. The number of ether oxygens (including phenoxy) is 1. The Bertz CT molecular complexity index is 335. The van der Waals surface area contributed by atoms with Crippen molar-refractivity contribution in [3.63, 3.8) is 0 Å². The number of carbonyl (C=O) groups is 2. The molecule has 0 aromatic carbocycles. The lowest BCUT2D eigenvalue weighted by Gasteiger charge is -2.35. The average Bonchev–Trinajstić information content (AvgIpc) is 3.10. The predicted molar refractivity (Wildman–Crippen MR) is 75.7 cm³/mol. The van der Waals surface area contributed by atoms with E-state index in [0.29, 0.717) is 19.1 Å². The molecule has 20 heavy (non-hydrogen) atoms. The van der Waals surface area contributed by atoms with Crippen LogP contribution in [0.5, 0.6) is 0 Å². The fourth-order valence-electron chi connectivity index (χ4n) is 1.81. The molecule has 2 N–H and O–H groups in total. The van der Waals surface area contributed by atoms with Crippen molar-refractivity contribution >= 4 is 12.0 Å². The highest BCUT2D eigenvalue weighted by Gasteiger charge is 2.26. The number of urea groups is 1. The molecule has 0 saturated heterocycles. The summed E-state index contributed by atoms with van der Waals surface area (Å²) in [6.07, 6.45) is 2.45. The standard InChI is InChI=1S/C14H26N2O4/c1-14(2,3)16(8-6-12(17)18)13(19)15-7-9-20-10-11-4-5-11/h11H,4-10H2,1-3H3,(H,15,19)(H,17,18). The van der Waals surface area contributed by atoms with Gasteiger partial charge in [0, 0.05) is 25.2 Å². The maximum Gasteiger partial charge on any atom is 0.317 e. The molecule has 6 nitrogen and oxygen atoms in total. The van der Waals surface area contributed by atoms with E-state index in [1.54, 1.807) is 4.90 Å². The van der Waals surface area contributed by atoms with E-state index in [2.05, 4.69) is 5.32 Å². The highest BCUT2D eigenvalue weighted by atomic mass is 16.5. The summed E-state index contributed by atoms with van der Waals surface area (Å²) in [5.41, 5.74) is -0.408. The summed E-state index contributed by atoms with van der Waals surface area (Å²) in [4.78, 5) is 24.3. The first-order chi connectivity index (χ1) is 9.30. The van der Waals surface area contributed by atoms with Gasteiger partial charge < -0.3 is 20.1 Å². The van der Waals surface area contributed by atoms with E-state index in [4.69, 9.17) is 9.84 Å². The number of aliphatic carboxylic acids is 1. The molecule has 2 amide bonds. The van der Waals surface area contributed by atoms with E-state index in [1.807, 2.05) is 20.8 Å². The van der Waals surface area contributed by atoms with Gasteiger partial charge in [0.15, 0.2) is 0 Å². The van der Waals surface area contributed by atoms with Crippen molar-refractivity contribution in [3.05, 3.63) is 0 Å². The summed E-state index contributed by atoms with van der Waals surface area (Å²) < 4.78 is 5.44. The van der Waals surface area contributed by atoms with Gasteiger partial charge in [0.05, 0.1) is 13.0 Å². The minimum atomic E-state index is -0.903. The van der Waals surface area contributed by atoms with Crippen molar-refractivity contribution < 1.29 is 19.4 Å². The number of nitrogens with one attached hydrogen (secondary N) is 1. The van der Waals surface area contributed by atoms with Gasteiger partial charge in [-0.05, 0) is 39.5 Å². The Morgan fingerprint density at radius 2 is 2.00 bits per heavy atom. The first kappa shape index (κ1) is 16.8. The molecular weight excluding hydrogens is 260 g/mol. The van der Waals surface area contributed by atoms with Crippen LogP contribution in [0.4, 0.5) is 4.79 Å². The molecule has 1 aliphatic carbocycles. The van der Waals surface area contributed by atoms with E-state index >= 15 is 0 Å². The smallest absolute Gasteiger partial charge is 0.317 e. The normalized spacial score (nSPS) is 14.9. The van der Waals surface area contributed by atoms with E-state index in [1.165, 1.54) is 12.8 Å². The van der Waals surface area contributed by atoms with Gasteiger partial charge in [-0.2, -0.15) is 0 Å². The van der Waals surface area contributed by atoms with E-state index < -0.39 is 11.5 Å². The molecule has 1 saturated carbocycles. The van der Waals surface area contributed by atoms with Gasteiger partial charge in [-0.15, -0.1) is 0 Å². The van der Waals surface area contributed by atoms with Crippen LogP contribution in [0.3, 0.4) is 0 Å². The maximum absolute atomic E-state index is 12.1. The third-order valence-electron chi connectivity index (χ3n) is 3.18. The average molecular weight is 286 g/mol. The molecule has 0 aromatic heterocycles. The number of rotatable bonds is 8. The van der Waals surface area contributed by atoms with Crippen molar-refractivity contribution in [1.29, 1.82) is 0 Å². The van der Waals surface area contributed by atoms with Crippen LogP contribution in [0.15, 0.2) is 0 Å². The van der Waals surface area contributed by atoms with Crippen LogP contribution in [0.25, 0.3) is 0 Å². The Morgan fingerprint density at radius 1 is 1.35 bits per heavy atom. The van der Waals surface area contributed by atoms with Crippen molar-refractivity contribution in [1.82, 2.24) is 10.2 Å². The molecule has 1 fully saturated rings. The second kappa shape index (κ2) is 7.47. The molecule has 0 aromatic rings. The number of carbonyl (C=O) groups excluding carboxylic acids is 1. The van der Waals surface area contributed by atoms with Crippen molar-refractivity contribution in [2.75, 3.05) is 26.3 Å². The monoisotopic (exact) mass is 286 g/mol. The highest BCUT2D eigenvalue weighted by molar-refractivity contribution is 5.76. The van der Waals surface area contributed by atoms with Crippen LogP contribution in [-0.4, -0.2) is 53.8 Å². The highest BCUT2D eigenvalue weighted by Crippen LogP contribution is 2.28. The maximum atomic E-state index is 12.1. The zero-order valence-electron chi connectivity index (χ0n) is 12.6. The molecule has 0 unspecified atom stereocenters. The predicted octanol–water partition coefficient (Wildman–Crippen LogP) is 1.70. The minimum absolute atomic E-state index is 0.0527. The van der Waals surface area contributed by atoms with E-state index in [0.717, 1.165) is 6.61 Å². The molecule has 116 valence electrons. The first-order valence-electron chi connectivity index (χ1n) is 7.15. The number of nitrogens with zero attached hydrogens (tertiary/aromatic N) is 1. The Morgan fingerprint density at radius 3 is 2.50 bits per heavy atom. The van der Waals surface area contributed by atoms with Crippen LogP contribution in [-0.2, 0) is 9.53 Å². The molecular formula is C14H26N2O4. The second-order valence-electron chi connectivity index (χ2n) is 6.22. The lowest BCUT2D eigenvalue weighted by Crippen LogP contribution is -2.51. The molecule has 0 spiro atoms. The number of hydrogen-bond acceptors (Lipinski definition) is 3. The SMILES string of the molecule is CC(C)(C)N(CCC(=O)O)C(=O)NCCOCC1CC1. The topological polar surface area (TPSA) is 78.9 Å². The second-order valence-corrected chi connectivity index (χ2v) is 6.22. The zero-order chi connectivity index (χ0) is 15.2. The molecule has 6 heteroatoms. The van der Waals surface area contributed by atoms with Gasteiger partial charge in [0.1, 0.15) is 0 Å². The molecule has 0 bridgehead atoms. The molecule has 0 aliphatic heterocycles. The summed E-state index contributed by atoms with van der Waals surface area (Å²) in [6.45, 7) is 7.59. The summed E-state index contributed by atoms with van der Waals surface area (Å²) in [7, 11) is 0. The lowest BCUT2D eigenvalue weighted by molar-refractivity contribution is -0.137. The van der Waals surface area contributed by atoms with Crippen LogP contribution in [0, 0.1) is 5.92 Å². The van der Waals surface area contributed by atoms with Gasteiger partial charge in [0.25, 0.3) is 0 Å². The number of amides is 2. The summed E-state index contributed by atoms with van der Waals surface area (Å²) in [5.74, 6) is -0.188. The van der Waals surface area contributed by atoms with Crippen LogP contribution < -0.4 is 5.32 Å². The Labute approximate surface area is 120 Å². The van der Waals surface area contributed by atoms with Crippen molar-refractivity contribution in [2.24, 2.45) is 5.92 Å². The number of carboxylic acids is 1. The summed E-state index contributed by atoms with van der Waals surface area (Å²) in [6, 6.07) is -0.242. The lowest BCUT2D eigenvalue weighted by atomic mass is 10.1. The van der Waals surface area contributed by atoms with Crippen molar-refractivity contribution in [2.45, 2.75) is 45.6 Å². The third-order valence-corrected chi connectivity index (χ3v) is 3.18. The number of carboxylic acid groups (broad SMARTS) is 1. The van der Waals surface area contributed by atoms with Gasteiger partial charge in [-0.1, -0.05) is 0 Å². The van der Waals surface area contributed by atoms with Gasteiger partial charge >= 0.3 is 12.0 Å².